The van der Waals surface area contributed by atoms with Gasteiger partial charge in [-0.3, -0.25) is 0 Å². The number of rotatable bonds is 6. The predicted molar refractivity (Wildman–Crippen MR) is 134 cm³/mol. The van der Waals surface area contributed by atoms with Crippen LogP contribution >= 0.6 is 0 Å². The van der Waals surface area contributed by atoms with Crippen molar-refractivity contribution in [2.24, 2.45) is 0 Å². The first-order valence-electron chi connectivity index (χ1n) is 12.4. The van der Waals surface area contributed by atoms with Gasteiger partial charge in [0.15, 0.2) is 5.82 Å². The zero-order valence-corrected chi connectivity index (χ0v) is 20.6. The number of anilines is 1. The fourth-order valence-electron chi connectivity index (χ4n) is 4.80. The lowest BCUT2D eigenvalue weighted by atomic mass is 9.78. The number of tetrazole rings is 1. The zero-order chi connectivity index (χ0) is 23.8. The van der Waals surface area contributed by atoms with Crippen LogP contribution in [0, 0.1) is 0 Å². The highest BCUT2D eigenvalue weighted by Gasteiger charge is 2.51. The van der Waals surface area contributed by atoms with Crippen LogP contribution in [0.1, 0.15) is 83.3 Å². The molecular weight excluding hydrogens is 425 g/mol. The molecule has 1 aliphatic carbocycles. The molecule has 0 amide bonds. The summed E-state index contributed by atoms with van der Waals surface area (Å²) in [6.45, 7) is 8.30. The summed E-state index contributed by atoms with van der Waals surface area (Å²) in [4.78, 5) is 0. The molecule has 7 nitrogen and oxygen atoms in total. The van der Waals surface area contributed by atoms with Gasteiger partial charge in [0.2, 0.25) is 0 Å². The number of nitrogens with zero attached hydrogens (tertiary/aromatic N) is 4. The number of hydrogen-bond acceptors (Lipinski definition) is 6. The summed E-state index contributed by atoms with van der Waals surface area (Å²) in [7, 11) is -0.382. The Morgan fingerprint density at radius 1 is 0.912 bits per heavy atom. The third kappa shape index (κ3) is 4.49. The molecule has 1 aliphatic heterocycles. The van der Waals surface area contributed by atoms with Gasteiger partial charge in [-0.15, -0.1) is 5.10 Å². The van der Waals surface area contributed by atoms with Gasteiger partial charge in [0, 0.05) is 5.69 Å². The highest BCUT2D eigenvalue weighted by atomic mass is 16.7. The normalized spacial score (nSPS) is 20.9. The van der Waals surface area contributed by atoms with Crippen molar-refractivity contribution in [1.29, 1.82) is 0 Å². The van der Waals surface area contributed by atoms with Crippen molar-refractivity contribution in [2.75, 3.05) is 5.32 Å². The Morgan fingerprint density at radius 2 is 1.56 bits per heavy atom. The molecule has 1 atom stereocenters. The third-order valence-electron chi connectivity index (χ3n) is 7.58. The first kappa shape index (κ1) is 23.1. The molecule has 2 aromatic carbocycles. The molecule has 1 N–H and O–H groups in total. The molecule has 1 saturated heterocycles. The number of aromatic nitrogens is 4. The summed E-state index contributed by atoms with van der Waals surface area (Å²) in [6.07, 6.45) is 5.99. The molecule has 2 fully saturated rings. The highest BCUT2D eigenvalue weighted by molar-refractivity contribution is 6.62. The van der Waals surface area contributed by atoms with Crippen molar-refractivity contribution in [3.8, 4) is 0 Å². The molecule has 2 heterocycles. The van der Waals surface area contributed by atoms with Crippen LogP contribution in [0.4, 0.5) is 5.69 Å². The summed E-state index contributed by atoms with van der Waals surface area (Å²) in [5.41, 5.74) is 2.40. The van der Waals surface area contributed by atoms with Gasteiger partial charge in [-0.25, -0.2) is 4.68 Å². The van der Waals surface area contributed by atoms with E-state index in [1.54, 1.807) is 0 Å². The number of nitrogens with one attached hydrogen (secondary N) is 1. The standard InChI is InChI=1S/C26H34BN5O2/c1-25(2)26(3,4)34-27(33-25)20-17-15-19(16-18-20)23(28-21-11-7-5-8-12-21)24-29-30-31-32(24)22-13-9-6-10-14-22/h5,7-8,11-12,15-18,22-23,28H,6,9-10,13-14H2,1-4H3. The second-order valence-electron chi connectivity index (χ2n) is 10.5. The lowest BCUT2D eigenvalue weighted by Gasteiger charge is -2.32. The van der Waals surface area contributed by atoms with Gasteiger partial charge >= 0.3 is 7.12 Å². The summed E-state index contributed by atoms with van der Waals surface area (Å²) in [5, 5.41) is 16.7. The van der Waals surface area contributed by atoms with Crippen LogP contribution in [0.3, 0.4) is 0 Å². The van der Waals surface area contributed by atoms with E-state index in [-0.39, 0.29) is 24.4 Å². The number of hydrogen-bond donors (Lipinski definition) is 1. The van der Waals surface area contributed by atoms with Crippen molar-refractivity contribution in [1.82, 2.24) is 20.2 Å². The minimum absolute atomic E-state index is 0.174. The quantitative estimate of drug-likeness (QED) is 0.540. The summed E-state index contributed by atoms with van der Waals surface area (Å²) in [5.74, 6) is 0.846. The minimum atomic E-state index is -0.382. The van der Waals surface area contributed by atoms with Crippen LogP contribution < -0.4 is 10.8 Å². The van der Waals surface area contributed by atoms with Crippen molar-refractivity contribution in [3.05, 3.63) is 66.0 Å². The lowest BCUT2D eigenvalue weighted by molar-refractivity contribution is 0.00578. The van der Waals surface area contributed by atoms with Crippen LogP contribution in [-0.2, 0) is 9.31 Å². The Morgan fingerprint density at radius 3 is 2.21 bits per heavy atom. The summed E-state index contributed by atoms with van der Waals surface area (Å²) < 4.78 is 14.5. The second kappa shape index (κ2) is 9.15. The summed E-state index contributed by atoms with van der Waals surface area (Å²) in [6, 6.07) is 18.8. The molecule has 0 bridgehead atoms. The molecule has 3 aromatic rings. The number of para-hydroxylation sites is 1. The monoisotopic (exact) mass is 459 g/mol. The number of benzene rings is 2. The van der Waals surface area contributed by atoms with E-state index >= 15 is 0 Å². The lowest BCUT2D eigenvalue weighted by Crippen LogP contribution is -2.41. The van der Waals surface area contributed by atoms with Gasteiger partial charge in [0.05, 0.1) is 17.2 Å². The van der Waals surface area contributed by atoms with E-state index in [2.05, 4.69) is 84.9 Å². The second-order valence-corrected chi connectivity index (χ2v) is 10.5. The first-order chi connectivity index (χ1) is 16.3. The van der Waals surface area contributed by atoms with Crippen molar-refractivity contribution >= 4 is 18.3 Å². The van der Waals surface area contributed by atoms with Crippen LogP contribution in [0.25, 0.3) is 0 Å². The predicted octanol–water partition coefficient (Wildman–Crippen LogP) is 4.68. The molecule has 2 aliphatic rings. The van der Waals surface area contributed by atoms with E-state index in [4.69, 9.17) is 9.31 Å². The Balaban J connectivity index is 1.45. The van der Waals surface area contributed by atoms with E-state index in [0.717, 1.165) is 35.4 Å². The topological polar surface area (TPSA) is 74.1 Å². The maximum atomic E-state index is 6.24. The Kier molecular flexibility index (Phi) is 6.21. The Hall–Kier alpha value is -2.71. The molecule has 1 aromatic heterocycles. The van der Waals surface area contributed by atoms with Crippen LogP contribution in [0.2, 0.25) is 0 Å². The average Bonchev–Trinajstić information content (AvgIpc) is 3.40. The molecule has 0 spiro atoms. The molecule has 1 saturated carbocycles. The molecule has 34 heavy (non-hydrogen) atoms. The van der Waals surface area contributed by atoms with Crippen molar-refractivity contribution < 1.29 is 9.31 Å². The van der Waals surface area contributed by atoms with Crippen LogP contribution in [0.5, 0.6) is 0 Å². The molecule has 1 unspecified atom stereocenters. The maximum Gasteiger partial charge on any atom is 0.494 e. The Labute approximate surface area is 202 Å². The van der Waals surface area contributed by atoms with E-state index in [1.165, 1.54) is 19.3 Å². The van der Waals surface area contributed by atoms with Gasteiger partial charge in [0.1, 0.15) is 6.04 Å². The molecule has 5 rings (SSSR count). The van der Waals surface area contributed by atoms with Gasteiger partial charge < -0.3 is 14.6 Å². The first-order valence-corrected chi connectivity index (χ1v) is 12.4. The van der Waals surface area contributed by atoms with Gasteiger partial charge in [0.25, 0.3) is 0 Å². The zero-order valence-electron chi connectivity index (χ0n) is 20.6. The van der Waals surface area contributed by atoms with E-state index in [1.807, 2.05) is 22.9 Å². The van der Waals surface area contributed by atoms with Gasteiger partial charge in [-0.05, 0) is 74.1 Å². The van der Waals surface area contributed by atoms with E-state index in [0.29, 0.717) is 6.04 Å². The van der Waals surface area contributed by atoms with E-state index in [9.17, 15) is 0 Å². The van der Waals surface area contributed by atoms with Crippen LogP contribution in [0.15, 0.2) is 54.6 Å². The molecular formula is C26H34BN5O2. The van der Waals surface area contributed by atoms with Crippen molar-refractivity contribution in [2.45, 2.75) is 83.1 Å². The summed E-state index contributed by atoms with van der Waals surface area (Å²) >= 11 is 0. The fourth-order valence-corrected chi connectivity index (χ4v) is 4.80. The van der Waals surface area contributed by atoms with Crippen LogP contribution in [-0.4, -0.2) is 38.5 Å². The average molecular weight is 459 g/mol. The minimum Gasteiger partial charge on any atom is -0.399 e. The smallest absolute Gasteiger partial charge is 0.399 e. The van der Waals surface area contributed by atoms with Crippen molar-refractivity contribution in [3.63, 3.8) is 0 Å². The van der Waals surface area contributed by atoms with Gasteiger partial charge in [-0.1, -0.05) is 61.7 Å². The van der Waals surface area contributed by atoms with Gasteiger partial charge in [-0.2, -0.15) is 0 Å². The maximum absolute atomic E-state index is 6.24. The highest BCUT2D eigenvalue weighted by Crippen LogP contribution is 2.37. The Bertz CT molecular complexity index is 1080. The SMILES string of the molecule is CC1(C)OB(c2ccc(C(Nc3ccccc3)c3nnnn3C3CCCCC3)cc2)OC1(C)C. The largest absolute Gasteiger partial charge is 0.494 e. The molecule has 8 heteroatoms. The molecule has 178 valence electrons. The van der Waals surface area contributed by atoms with E-state index < -0.39 is 0 Å². The molecule has 0 radical (unpaired) electrons. The fraction of sp³-hybridized carbons (Fsp3) is 0.500. The third-order valence-corrected chi connectivity index (χ3v) is 7.58.